The fourth-order valence-electron chi connectivity index (χ4n) is 1.98. The van der Waals surface area contributed by atoms with Gasteiger partial charge in [-0.25, -0.2) is 4.79 Å². The number of aromatic nitrogens is 2. The zero-order valence-electron chi connectivity index (χ0n) is 12.3. The second-order valence-electron chi connectivity index (χ2n) is 4.31. The normalized spacial score (nSPS) is 14.7. The van der Waals surface area contributed by atoms with Crippen LogP contribution in [-0.2, 0) is 9.47 Å². The van der Waals surface area contributed by atoms with Crippen LogP contribution in [0.15, 0.2) is 5.03 Å². The predicted molar refractivity (Wildman–Crippen MR) is 79.5 cm³/mol. The van der Waals surface area contributed by atoms with Gasteiger partial charge in [0, 0.05) is 13.1 Å². The number of hydrogen-bond donors (Lipinski definition) is 0. The zero-order valence-corrected chi connectivity index (χ0v) is 13.1. The largest absolute Gasteiger partial charge is 0.461 e. The fourth-order valence-corrected chi connectivity index (χ4v) is 2.51. The van der Waals surface area contributed by atoms with Gasteiger partial charge in [0.1, 0.15) is 0 Å². The molecule has 0 spiro atoms. The van der Waals surface area contributed by atoms with Crippen molar-refractivity contribution in [2.45, 2.75) is 11.9 Å². The first-order chi connectivity index (χ1) is 10.6. The Kier molecular flexibility index (Phi) is 5.50. The molecular weight excluding hydrogens is 312 g/mol. The van der Waals surface area contributed by atoms with Gasteiger partial charge in [0.05, 0.1) is 24.7 Å². The summed E-state index contributed by atoms with van der Waals surface area (Å²) in [4.78, 5) is 32.7. The first kappa shape index (κ1) is 16.4. The molecule has 0 atom stereocenters. The Hall–Kier alpha value is -1.94. The molecule has 1 saturated heterocycles. The molecule has 22 heavy (non-hydrogen) atoms. The Morgan fingerprint density at radius 2 is 2.14 bits per heavy atom. The molecule has 2 rings (SSSR count). The number of hydrogen-bond acceptors (Lipinski definition) is 9. The third-order valence-corrected chi connectivity index (χ3v) is 3.65. The molecule has 0 aromatic carbocycles. The van der Waals surface area contributed by atoms with E-state index in [-0.39, 0.29) is 23.3 Å². The molecule has 1 aliphatic rings. The van der Waals surface area contributed by atoms with Crippen LogP contribution in [0.2, 0.25) is 0 Å². The minimum atomic E-state index is -0.818. The van der Waals surface area contributed by atoms with E-state index in [9.17, 15) is 14.9 Å². The average Bonchev–Trinajstić information content (AvgIpc) is 2.54. The third-order valence-electron chi connectivity index (χ3n) is 2.98. The molecular formula is C12H16N4O5S. The van der Waals surface area contributed by atoms with E-state index in [2.05, 4.69) is 9.97 Å². The third kappa shape index (κ3) is 3.45. The molecule has 0 N–H and O–H groups in total. The van der Waals surface area contributed by atoms with Gasteiger partial charge in [-0.15, -0.1) is 11.8 Å². The second kappa shape index (κ2) is 7.36. The van der Waals surface area contributed by atoms with Crippen LogP contribution >= 0.6 is 11.8 Å². The van der Waals surface area contributed by atoms with Crippen LogP contribution in [0.5, 0.6) is 0 Å². The number of ether oxygens (including phenoxy) is 2. The number of rotatable bonds is 5. The highest BCUT2D eigenvalue weighted by Gasteiger charge is 2.31. The second-order valence-corrected chi connectivity index (χ2v) is 5.10. The van der Waals surface area contributed by atoms with Gasteiger partial charge in [0.25, 0.3) is 0 Å². The van der Waals surface area contributed by atoms with Crippen molar-refractivity contribution in [3.8, 4) is 0 Å². The number of anilines is 1. The molecule has 1 aliphatic heterocycles. The van der Waals surface area contributed by atoms with Crippen molar-refractivity contribution in [1.29, 1.82) is 0 Å². The van der Waals surface area contributed by atoms with E-state index < -0.39 is 16.6 Å². The Balaban J connectivity index is 2.50. The van der Waals surface area contributed by atoms with Gasteiger partial charge in [-0.2, -0.15) is 9.97 Å². The molecule has 1 aromatic heterocycles. The van der Waals surface area contributed by atoms with Crippen LogP contribution in [0.3, 0.4) is 0 Å². The summed E-state index contributed by atoms with van der Waals surface area (Å²) in [5.74, 6) is -0.539. The summed E-state index contributed by atoms with van der Waals surface area (Å²) in [5, 5.41) is 11.4. The molecule has 0 bridgehead atoms. The fraction of sp³-hybridized carbons (Fsp3) is 0.583. The molecule has 120 valence electrons. The first-order valence-electron chi connectivity index (χ1n) is 6.68. The number of esters is 1. The van der Waals surface area contributed by atoms with Crippen molar-refractivity contribution in [3.63, 3.8) is 0 Å². The number of nitro groups is 1. The smallest absolute Gasteiger partial charge is 0.364 e. The Bertz CT molecular complexity index is 577. The lowest BCUT2D eigenvalue weighted by atomic mass is 10.3. The monoisotopic (exact) mass is 328 g/mol. The Morgan fingerprint density at radius 1 is 1.45 bits per heavy atom. The zero-order chi connectivity index (χ0) is 16.1. The van der Waals surface area contributed by atoms with Gasteiger partial charge in [-0.1, -0.05) is 0 Å². The number of carbonyl (C=O) groups is 1. The van der Waals surface area contributed by atoms with Crippen LogP contribution in [0, 0.1) is 10.1 Å². The highest BCUT2D eigenvalue weighted by molar-refractivity contribution is 7.98. The summed E-state index contributed by atoms with van der Waals surface area (Å²) < 4.78 is 10.1. The molecule has 0 aliphatic carbocycles. The van der Waals surface area contributed by atoms with E-state index in [0.29, 0.717) is 26.3 Å². The van der Waals surface area contributed by atoms with Crippen LogP contribution in [0.1, 0.15) is 17.4 Å². The summed E-state index contributed by atoms with van der Waals surface area (Å²) in [6, 6.07) is 0. The summed E-state index contributed by atoms with van der Waals surface area (Å²) in [6.07, 6.45) is 1.66. The number of nitrogens with zero attached hydrogens (tertiary/aromatic N) is 4. The summed E-state index contributed by atoms with van der Waals surface area (Å²) in [6.45, 7) is 3.90. The van der Waals surface area contributed by atoms with Crippen molar-refractivity contribution in [2.24, 2.45) is 0 Å². The number of morpholine rings is 1. The maximum atomic E-state index is 12.0. The summed E-state index contributed by atoms with van der Waals surface area (Å²) >= 11 is 1.09. The lowest BCUT2D eigenvalue weighted by Crippen LogP contribution is -2.37. The van der Waals surface area contributed by atoms with Gasteiger partial charge < -0.3 is 14.4 Å². The van der Waals surface area contributed by atoms with E-state index in [4.69, 9.17) is 9.47 Å². The first-order valence-corrected chi connectivity index (χ1v) is 7.91. The van der Waals surface area contributed by atoms with Crippen molar-refractivity contribution in [1.82, 2.24) is 9.97 Å². The van der Waals surface area contributed by atoms with Crippen LogP contribution in [0.25, 0.3) is 0 Å². The van der Waals surface area contributed by atoms with Crippen LogP contribution < -0.4 is 4.90 Å². The topological polar surface area (TPSA) is 108 Å². The van der Waals surface area contributed by atoms with Crippen molar-refractivity contribution < 1.29 is 19.2 Å². The van der Waals surface area contributed by atoms with Gasteiger partial charge in [0.2, 0.25) is 11.6 Å². The Morgan fingerprint density at radius 3 is 2.68 bits per heavy atom. The van der Waals surface area contributed by atoms with Crippen LogP contribution in [0.4, 0.5) is 11.6 Å². The van der Waals surface area contributed by atoms with Gasteiger partial charge in [-0.3, -0.25) is 10.1 Å². The van der Waals surface area contributed by atoms with Gasteiger partial charge in [-0.05, 0) is 13.2 Å². The van der Waals surface area contributed by atoms with Crippen molar-refractivity contribution in [2.75, 3.05) is 44.1 Å². The lowest BCUT2D eigenvalue weighted by Gasteiger charge is -2.27. The van der Waals surface area contributed by atoms with Crippen molar-refractivity contribution >= 4 is 29.4 Å². The van der Waals surface area contributed by atoms with E-state index >= 15 is 0 Å². The maximum absolute atomic E-state index is 12.0. The lowest BCUT2D eigenvalue weighted by molar-refractivity contribution is -0.388. The highest BCUT2D eigenvalue weighted by Crippen LogP contribution is 2.31. The molecule has 2 heterocycles. The van der Waals surface area contributed by atoms with Crippen LogP contribution in [-0.4, -0.2) is 60.0 Å². The summed E-state index contributed by atoms with van der Waals surface area (Å²) in [7, 11) is 0. The predicted octanol–water partition coefficient (Wildman–Crippen LogP) is 1.12. The van der Waals surface area contributed by atoms with Gasteiger partial charge in [0.15, 0.2) is 5.03 Å². The molecule has 0 radical (unpaired) electrons. The minimum absolute atomic E-state index is 0.113. The van der Waals surface area contributed by atoms with E-state index in [1.807, 2.05) is 4.90 Å². The molecule has 1 aromatic rings. The van der Waals surface area contributed by atoms with E-state index in [0.717, 1.165) is 11.8 Å². The molecule has 9 nitrogen and oxygen atoms in total. The van der Waals surface area contributed by atoms with Gasteiger partial charge >= 0.3 is 11.7 Å². The molecule has 0 saturated carbocycles. The quantitative estimate of drug-likeness (QED) is 0.258. The number of thioether (sulfide) groups is 1. The molecule has 0 amide bonds. The van der Waals surface area contributed by atoms with E-state index in [1.165, 1.54) is 0 Å². The molecule has 0 unspecified atom stereocenters. The Labute approximate surface area is 131 Å². The molecule has 1 fully saturated rings. The maximum Gasteiger partial charge on any atom is 0.364 e. The standard InChI is InChI=1S/C12H16N4O5S/c1-3-21-11(17)8-9(16(18)19)10(22-2)14-12(13-8)15-4-6-20-7-5-15/h3-7H2,1-2H3. The SMILES string of the molecule is CCOC(=O)c1nc(N2CCOCC2)nc(SC)c1[N+](=O)[O-]. The number of carbonyl (C=O) groups excluding carboxylic acids is 1. The van der Waals surface area contributed by atoms with E-state index in [1.54, 1.807) is 13.2 Å². The highest BCUT2D eigenvalue weighted by atomic mass is 32.2. The van der Waals surface area contributed by atoms with Crippen molar-refractivity contribution in [3.05, 3.63) is 15.8 Å². The average molecular weight is 328 g/mol. The molecule has 10 heteroatoms. The summed E-state index contributed by atoms with van der Waals surface area (Å²) in [5.41, 5.74) is -0.726. The minimum Gasteiger partial charge on any atom is -0.461 e.